The maximum Gasteiger partial charge on any atom is 0.329 e. The van der Waals surface area contributed by atoms with Crippen molar-refractivity contribution in [2.24, 2.45) is 35.3 Å². The zero-order chi connectivity index (χ0) is 92.4. The van der Waals surface area contributed by atoms with Gasteiger partial charge in [-0.1, -0.05) is 76.3 Å². The molecule has 35 heteroatoms. The Labute approximate surface area is 756 Å². The number of nitrogens with zero attached hydrogens (tertiary/aromatic N) is 7. The number of esters is 1. The number of pyridine rings is 1. The number of methoxy groups -OCH3 is 3. The number of aliphatic hydroxyl groups is 4. The highest BCUT2D eigenvalue weighted by Gasteiger charge is 2.53. The number of ketones is 1. The summed E-state index contributed by atoms with van der Waals surface area (Å²) in [5.74, 6) is -7.62. The summed E-state index contributed by atoms with van der Waals surface area (Å²) in [5.41, 5.74) is 21.8. The lowest BCUT2D eigenvalue weighted by Gasteiger charge is -2.42. The Morgan fingerprint density at radius 1 is 0.713 bits per heavy atom. The summed E-state index contributed by atoms with van der Waals surface area (Å²) in [6.45, 7) is 18.5. The molecule has 3 amide bonds. The summed E-state index contributed by atoms with van der Waals surface area (Å²) in [6, 6.07) is 8.31. The second-order valence-corrected chi connectivity index (χ2v) is 34.6. The van der Waals surface area contributed by atoms with Crippen molar-refractivity contribution >= 4 is 63.1 Å². The minimum absolute atomic E-state index is 0.0191. The SMILES string of the molecule is CO[C@H]1C[C@@H]2CC[C@@H](C)[C@@](O)(O2)C(=O)C(=O)N2CCCC[C@H]2C(=O)O[C@H]([C@H](N)C[C@@H]2CC[C@@H](O)[C@H](OC)C2)C[C@@H](O)[C@H](C)/C=C(\C)[C@@H](O)[C@@H](OC)C(=N)[C@H](C)C[C@H](C)/C(COCC(=O)NCCOCCOCCOCCOCCOCCOCCOCCOCCC(=O)N2CCc3cc(Cn4nc(-c5cnc6[nH]ccc6c5)c5c(N)ncnc54)ccc3C2)=C/C=C/C=C/1C. The molecule has 0 spiro atoms. The predicted octanol–water partition coefficient (Wildman–Crippen LogP) is 7.04. The number of aliphatic hydroxyl groups excluding tert-OH is 3. The first-order valence-corrected chi connectivity index (χ1v) is 45.7. The predicted molar refractivity (Wildman–Crippen MR) is 481 cm³/mol. The highest BCUT2D eigenvalue weighted by molar-refractivity contribution is 6.39. The molecule has 0 unspecified atom stereocenters. The Kier molecular flexibility index (Phi) is 42.1. The van der Waals surface area contributed by atoms with Crippen LogP contribution in [0.15, 0.2) is 96.2 Å². The number of rotatable bonds is 40. The van der Waals surface area contributed by atoms with Crippen LogP contribution in [0.3, 0.4) is 0 Å². The standard InChI is InChI=1S/C94H140N12O23/c1-60-14-10-11-15-71(61(2)46-63(4)84(96)87(118-9)86(111)64(5)47-62(3)77(108)53-79(74(95)49-66-19-22-76(107)80(50-66)117-8)128-93(114)75-16-12-13-28-105(75)92(113)88(112)94(115)65(6)17-21-73(129-94)52-78(60)116-7)57-127-58-81(109)98-27-31-120-33-35-122-37-39-124-41-43-126-45-44-125-42-40-123-38-36-121-34-32-119-30-25-82(110)104-29-24-68-48-67(18-20-70(68)56-104)55-106-91-83(89(97)101-59-102-91)85(103-106)72-51-69-23-26-99-90(69)100-54-72/h10-11,14-15,18,20,23,26,47-48,51,54,59,61-63,65-66,73-80,86-87,96,107-108,111,115H,12-13,16-17,19,21-22,24-25,27-46,49-50,52-53,55-58,95H2,1-9H3,(H,98,109)(H,99,100)(H2,97,101,102)/b11-10+,60-14+,64-47+,71-15+,96-84?/t61-,62+,63+,65+,66-,73-,74+,75-,76+,77+,78-,79-,80+,86+,87-,94+/m0/s1. The van der Waals surface area contributed by atoms with E-state index in [0.29, 0.717) is 205 Å². The van der Waals surface area contributed by atoms with Gasteiger partial charge in [-0.15, -0.1) is 0 Å². The number of hydrogen-bond acceptors (Lipinski definition) is 30. The zero-order valence-electron chi connectivity index (χ0n) is 76.7. The van der Waals surface area contributed by atoms with Gasteiger partial charge in [-0.25, -0.2) is 24.4 Å². The van der Waals surface area contributed by atoms with E-state index in [0.717, 1.165) is 50.2 Å². The Morgan fingerprint density at radius 2 is 1.39 bits per heavy atom. The second kappa shape index (κ2) is 52.8. The zero-order valence-corrected chi connectivity index (χ0v) is 76.7. The monoisotopic (exact) mass is 1810 g/mol. The van der Waals surface area contributed by atoms with Gasteiger partial charge in [-0.3, -0.25) is 19.2 Å². The van der Waals surface area contributed by atoms with Gasteiger partial charge in [0.1, 0.15) is 54.4 Å². The van der Waals surface area contributed by atoms with Crippen LogP contribution in [-0.4, -0.2) is 322 Å². The van der Waals surface area contributed by atoms with Gasteiger partial charge in [0.05, 0.1) is 161 Å². The molecule has 2 saturated heterocycles. The first kappa shape index (κ1) is 103. The molecule has 1 aromatic carbocycles. The van der Waals surface area contributed by atoms with Gasteiger partial charge in [0.15, 0.2) is 5.65 Å². The molecule has 1 aliphatic carbocycles. The lowest BCUT2D eigenvalue weighted by atomic mass is 9.80. The van der Waals surface area contributed by atoms with Crippen LogP contribution < -0.4 is 16.8 Å². The third-order valence-electron chi connectivity index (χ3n) is 25.2. The largest absolute Gasteiger partial charge is 0.459 e. The number of aromatic nitrogens is 6. The number of nitrogens with two attached hydrogens (primary N) is 2. The molecule has 11 N–H and O–H groups in total. The number of fused-ring (bicyclic) bond motifs is 6. The topological polar surface area (TPSA) is 462 Å². The molecule has 129 heavy (non-hydrogen) atoms. The number of carbonyl (C=O) groups excluding carboxylic acids is 5. The summed E-state index contributed by atoms with van der Waals surface area (Å²) >= 11 is 0. The number of H-pyrrole nitrogens is 1. The summed E-state index contributed by atoms with van der Waals surface area (Å²) in [5, 5.41) is 65.6. The van der Waals surface area contributed by atoms with Crippen LogP contribution in [0.5, 0.6) is 0 Å². The first-order chi connectivity index (χ1) is 62.3. The van der Waals surface area contributed by atoms with Gasteiger partial charge in [0.25, 0.3) is 11.7 Å². The highest BCUT2D eigenvalue weighted by atomic mass is 16.6. The molecule has 35 nitrogen and oxygen atoms in total. The number of piperidine rings is 1. The van der Waals surface area contributed by atoms with E-state index in [1.807, 2.05) is 73.0 Å². The number of benzene rings is 1. The number of nitrogen functional groups attached to an aromatic ring is 1. The van der Waals surface area contributed by atoms with E-state index >= 15 is 0 Å². The summed E-state index contributed by atoms with van der Waals surface area (Å²) in [6.07, 6.45) is 12.8. The number of anilines is 1. The third-order valence-corrected chi connectivity index (χ3v) is 25.2. The second-order valence-electron chi connectivity index (χ2n) is 34.6. The molecule has 714 valence electrons. The van der Waals surface area contributed by atoms with Crippen LogP contribution in [0, 0.1) is 35.0 Å². The van der Waals surface area contributed by atoms with Gasteiger partial charge >= 0.3 is 5.97 Å². The van der Waals surface area contributed by atoms with Crippen LogP contribution in [0.25, 0.3) is 33.3 Å². The van der Waals surface area contributed by atoms with Crippen LogP contribution >= 0.6 is 0 Å². The van der Waals surface area contributed by atoms with Crippen molar-refractivity contribution in [3.8, 4) is 11.3 Å². The quantitative estimate of drug-likeness (QED) is 0.00821. The lowest BCUT2D eigenvalue weighted by molar-refractivity contribution is -0.265. The molecule has 4 aromatic heterocycles. The number of Topliss-reactive ketones (excluding diaryl/α,β-unsaturated/α-hetero) is 1. The Morgan fingerprint density at radius 3 is 2.06 bits per heavy atom. The number of allylic oxidation sites excluding steroid dienone is 4. The van der Waals surface area contributed by atoms with Crippen molar-refractivity contribution in [2.45, 2.75) is 211 Å². The van der Waals surface area contributed by atoms with E-state index in [-0.39, 0.29) is 88.0 Å². The normalized spacial score (nSPS) is 27.6. The average Bonchev–Trinajstić information content (AvgIpc) is 1.61. The molecule has 5 aromatic rings. The molecule has 1 saturated carbocycles. The fraction of sp³-hybridized carbons (Fsp3) is 0.660. The number of nitrogens with one attached hydrogen (secondary N) is 3. The van der Waals surface area contributed by atoms with Crippen molar-refractivity contribution in [1.29, 1.82) is 5.41 Å². The summed E-state index contributed by atoms with van der Waals surface area (Å²) < 4.78 is 83.0. The highest BCUT2D eigenvalue weighted by Crippen LogP contribution is 2.39. The third kappa shape index (κ3) is 30.4. The van der Waals surface area contributed by atoms with Gasteiger partial charge in [0, 0.05) is 107 Å². The maximum atomic E-state index is 14.6. The molecular formula is C94H140N12O23. The number of aromatic amines is 1. The van der Waals surface area contributed by atoms with E-state index in [9.17, 15) is 49.8 Å². The molecule has 0 radical (unpaired) electrons. The fourth-order valence-electron chi connectivity index (χ4n) is 17.4. The molecule has 8 heterocycles. The molecule has 3 fully saturated rings. The number of hydrogen-bond donors (Lipinski definition) is 9. The van der Waals surface area contributed by atoms with E-state index in [1.165, 1.54) is 19.0 Å². The van der Waals surface area contributed by atoms with E-state index in [2.05, 4.69) is 43.5 Å². The van der Waals surface area contributed by atoms with Gasteiger partial charge < -0.3 is 124 Å². The fourth-order valence-corrected chi connectivity index (χ4v) is 17.4. The van der Waals surface area contributed by atoms with E-state index < -0.39 is 102 Å². The van der Waals surface area contributed by atoms with E-state index in [4.69, 9.17) is 82.9 Å². The number of carbonyl (C=O) groups is 5. The maximum absolute atomic E-state index is 14.6. The molecule has 2 bridgehead atoms. The van der Waals surface area contributed by atoms with Crippen molar-refractivity contribution in [3.05, 3.63) is 113 Å². The Balaban J connectivity index is 0.573. The smallest absolute Gasteiger partial charge is 0.329 e. The number of cyclic esters (lactones) is 1. The number of amides is 3. The van der Waals surface area contributed by atoms with Gasteiger partial charge in [0.2, 0.25) is 17.6 Å². The van der Waals surface area contributed by atoms with Crippen molar-refractivity contribution in [2.75, 3.05) is 166 Å². The van der Waals surface area contributed by atoms with Crippen LogP contribution in [0.4, 0.5) is 5.82 Å². The molecule has 10 rings (SSSR count). The number of ether oxygens (including phenoxy) is 14. The van der Waals surface area contributed by atoms with Crippen molar-refractivity contribution in [3.63, 3.8) is 0 Å². The van der Waals surface area contributed by atoms with Gasteiger partial charge in [-0.05, 0) is 148 Å². The minimum atomic E-state index is -2.51. The minimum Gasteiger partial charge on any atom is -0.459 e. The van der Waals surface area contributed by atoms with Crippen molar-refractivity contribution < 1.29 is 111 Å². The average molecular weight is 1810 g/mol. The van der Waals surface area contributed by atoms with E-state index in [1.54, 1.807) is 47.3 Å². The molecule has 4 aliphatic heterocycles. The van der Waals surface area contributed by atoms with Crippen LogP contribution in [0.1, 0.15) is 142 Å². The Bertz CT molecular complexity index is 4500. The molecule has 16 atom stereocenters. The van der Waals surface area contributed by atoms with Gasteiger partial charge in [-0.2, -0.15) is 5.10 Å². The van der Waals surface area contributed by atoms with Crippen LogP contribution in [0.2, 0.25) is 0 Å². The summed E-state index contributed by atoms with van der Waals surface area (Å²) in [4.78, 5) is 89.4. The summed E-state index contributed by atoms with van der Waals surface area (Å²) in [7, 11) is 4.52. The molecule has 5 aliphatic rings. The molecular weight excluding hydrogens is 1670 g/mol. The lowest BCUT2D eigenvalue weighted by Crippen LogP contribution is -2.61. The Hall–Kier alpha value is -8.28. The van der Waals surface area contributed by atoms with Crippen LogP contribution in [-0.2, 0) is 110 Å². The van der Waals surface area contributed by atoms with Crippen molar-refractivity contribution in [1.82, 2.24) is 44.8 Å². The first-order valence-electron chi connectivity index (χ1n) is 45.7.